The van der Waals surface area contributed by atoms with E-state index in [0.29, 0.717) is 22.9 Å². The van der Waals surface area contributed by atoms with Crippen LogP contribution in [0.1, 0.15) is 43.4 Å². The number of urea groups is 1. The number of esters is 1. The van der Waals surface area contributed by atoms with Crippen molar-refractivity contribution in [2.75, 3.05) is 21.2 Å². The molecule has 0 aliphatic carbocycles. The summed E-state index contributed by atoms with van der Waals surface area (Å²) in [6.07, 6.45) is 0. The van der Waals surface area contributed by atoms with Crippen LogP contribution < -0.4 is 0 Å². The Balaban J connectivity index is 2.57. The van der Waals surface area contributed by atoms with E-state index in [-0.39, 0.29) is 6.03 Å². The number of carbonyl (C=O) groups excluding carboxylic acids is 2. The van der Waals surface area contributed by atoms with Crippen LogP contribution in [-0.4, -0.2) is 48.0 Å². The number of nitrogens with zero attached hydrogens (tertiary/aromatic N) is 3. The first kappa shape index (κ1) is 16.5. The molecule has 22 heavy (non-hydrogen) atoms. The van der Waals surface area contributed by atoms with Gasteiger partial charge in [-0.05, 0) is 6.92 Å². The number of hydrogen-bond donors (Lipinski definition) is 0. The summed E-state index contributed by atoms with van der Waals surface area (Å²) in [6, 6.07) is -0.686. The summed E-state index contributed by atoms with van der Waals surface area (Å²) in [7, 11) is 4.66. The lowest BCUT2D eigenvalue weighted by Gasteiger charge is -2.38. The number of rotatable bonds is 3. The molecule has 2 rings (SSSR count). The number of methoxy groups -OCH3 is 1. The zero-order valence-corrected chi connectivity index (χ0v) is 14.5. The van der Waals surface area contributed by atoms with Gasteiger partial charge in [0.05, 0.1) is 23.4 Å². The lowest BCUT2D eigenvalue weighted by molar-refractivity contribution is -0.137. The Morgan fingerprint density at radius 3 is 2.55 bits per heavy atom. The number of carbonyl (C=O) groups is 2. The molecule has 2 amide bonds. The predicted molar refractivity (Wildman–Crippen MR) is 84.6 cm³/mol. The highest BCUT2D eigenvalue weighted by molar-refractivity contribution is 7.09. The van der Waals surface area contributed by atoms with E-state index in [4.69, 9.17) is 4.74 Å². The summed E-state index contributed by atoms with van der Waals surface area (Å²) in [5.74, 6) is -0.134. The van der Waals surface area contributed by atoms with Gasteiger partial charge in [-0.1, -0.05) is 13.8 Å². The Hall–Kier alpha value is -1.89. The molecule has 0 spiro atoms. The Bertz CT molecular complexity index is 636. The van der Waals surface area contributed by atoms with E-state index in [9.17, 15) is 9.59 Å². The maximum atomic E-state index is 12.4. The summed E-state index contributed by atoms with van der Waals surface area (Å²) in [4.78, 5) is 32.2. The second-order valence-corrected chi connectivity index (χ2v) is 6.50. The number of aromatic nitrogens is 1. The molecule has 0 bridgehead atoms. The van der Waals surface area contributed by atoms with Gasteiger partial charge in [0.15, 0.2) is 0 Å². The van der Waals surface area contributed by atoms with E-state index in [0.717, 1.165) is 5.01 Å². The van der Waals surface area contributed by atoms with Gasteiger partial charge in [-0.15, -0.1) is 11.3 Å². The fourth-order valence-electron chi connectivity index (χ4n) is 2.47. The van der Waals surface area contributed by atoms with E-state index >= 15 is 0 Å². The molecule has 0 unspecified atom stereocenters. The van der Waals surface area contributed by atoms with Gasteiger partial charge >= 0.3 is 12.0 Å². The highest BCUT2D eigenvalue weighted by Gasteiger charge is 2.40. The van der Waals surface area contributed by atoms with Gasteiger partial charge < -0.3 is 14.5 Å². The maximum absolute atomic E-state index is 12.4. The highest BCUT2D eigenvalue weighted by atomic mass is 32.1. The average molecular weight is 323 g/mol. The molecule has 1 aromatic heterocycles. The fourth-order valence-corrected chi connectivity index (χ4v) is 3.32. The Morgan fingerprint density at radius 1 is 1.41 bits per heavy atom. The summed E-state index contributed by atoms with van der Waals surface area (Å²) in [5.41, 5.74) is 1.75. The van der Waals surface area contributed by atoms with Gasteiger partial charge in [-0.3, -0.25) is 0 Å². The number of hydrogen-bond acceptors (Lipinski definition) is 5. The first-order chi connectivity index (χ1) is 10.3. The molecule has 0 saturated heterocycles. The molecule has 0 fully saturated rings. The molecule has 0 N–H and O–H groups in total. The second kappa shape index (κ2) is 6.08. The topological polar surface area (TPSA) is 62.7 Å². The van der Waals surface area contributed by atoms with Crippen molar-refractivity contribution in [3.63, 3.8) is 0 Å². The molecule has 0 saturated carbocycles. The van der Waals surface area contributed by atoms with Crippen molar-refractivity contribution in [3.8, 4) is 0 Å². The molecule has 0 radical (unpaired) electrons. The molecule has 1 atom stereocenters. The fraction of sp³-hybridized carbons (Fsp3) is 0.533. The van der Waals surface area contributed by atoms with Gasteiger partial charge in [0.1, 0.15) is 6.04 Å². The van der Waals surface area contributed by atoms with Crippen LogP contribution in [0.3, 0.4) is 0 Å². The standard InChI is InChI=1S/C15H21N3O3S/c1-8(2)13-16-10(7-22-13)12-11(14(19)21-6)9(3)17(4)15(20)18(12)5/h7-8,12H,1-6H3/t12-/m1/s1. The average Bonchev–Trinajstić information content (AvgIpc) is 2.97. The van der Waals surface area contributed by atoms with Crippen LogP contribution in [0.15, 0.2) is 16.7 Å². The van der Waals surface area contributed by atoms with Crippen LogP contribution in [0.4, 0.5) is 4.79 Å². The minimum absolute atomic E-state index is 0.172. The van der Waals surface area contributed by atoms with Gasteiger partial charge in [0.25, 0.3) is 0 Å². The van der Waals surface area contributed by atoms with E-state index in [1.165, 1.54) is 16.9 Å². The number of ether oxygens (including phenoxy) is 1. The monoisotopic (exact) mass is 323 g/mol. The van der Waals surface area contributed by atoms with Gasteiger partial charge in [0.2, 0.25) is 0 Å². The van der Waals surface area contributed by atoms with Crippen molar-refractivity contribution in [1.82, 2.24) is 14.8 Å². The normalized spacial score (nSPS) is 19.2. The molecule has 6 nitrogen and oxygen atoms in total. The lowest BCUT2D eigenvalue weighted by Crippen LogP contribution is -2.47. The smallest absolute Gasteiger partial charge is 0.338 e. The van der Waals surface area contributed by atoms with Crippen LogP contribution in [-0.2, 0) is 9.53 Å². The van der Waals surface area contributed by atoms with Gasteiger partial charge in [-0.25, -0.2) is 14.6 Å². The lowest BCUT2D eigenvalue weighted by atomic mass is 9.98. The van der Waals surface area contributed by atoms with Crippen molar-refractivity contribution < 1.29 is 14.3 Å². The van der Waals surface area contributed by atoms with Crippen LogP contribution >= 0.6 is 11.3 Å². The van der Waals surface area contributed by atoms with Gasteiger partial charge in [-0.2, -0.15) is 0 Å². The summed E-state index contributed by atoms with van der Waals surface area (Å²) in [5, 5.41) is 2.89. The van der Waals surface area contributed by atoms with Crippen LogP contribution in [0.2, 0.25) is 0 Å². The van der Waals surface area contributed by atoms with Crippen molar-refractivity contribution in [2.24, 2.45) is 0 Å². The predicted octanol–water partition coefficient (Wildman–Crippen LogP) is 2.75. The summed E-state index contributed by atoms with van der Waals surface area (Å²) < 4.78 is 4.91. The Kier molecular flexibility index (Phi) is 4.55. The largest absolute Gasteiger partial charge is 0.466 e. The van der Waals surface area contributed by atoms with E-state index in [1.54, 1.807) is 32.4 Å². The number of likely N-dealkylation sites (N-methyl/N-ethyl adjacent to an activating group) is 1. The van der Waals surface area contributed by atoms with E-state index in [1.807, 2.05) is 5.38 Å². The summed E-state index contributed by atoms with van der Waals surface area (Å²) in [6.45, 7) is 5.88. The second-order valence-electron chi connectivity index (χ2n) is 5.61. The first-order valence-corrected chi connectivity index (χ1v) is 7.92. The van der Waals surface area contributed by atoms with Crippen LogP contribution in [0.5, 0.6) is 0 Å². The molecule has 1 aromatic rings. The maximum Gasteiger partial charge on any atom is 0.338 e. The molecule has 120 valence electrons. The zero-order chi connectivity index (χ0) is 16.6. The third kappa shape index (κ3) is 2.61. The highest BCUT2D eigenvalue weighted by Crippen LogP contribution is 2.37. The number of amides is 2. The first-order valence-electron chi connectivity index (χ1n) is 7.04. The van der Waals surface area contributed by atoms with Crippen LogP contribution in [0, 0.1) is 0 Å². The van der Waals surface area contributed by atoms with E-state index in [2.05, 4.69) is 18.8 Å². The van der Waals surface area contributed by atoms with Crippen molar-refractivity contribution in [3.05, 3.63) is 27.4 Å². The van der Waals surface area contributed by atoms with Gasteiger partial charge in [0, 0.05) is 31.1 Å². The Morgan fingerprint density at radius 2 is 2.05 bits per heavy atom. The number of thiazole rings is 1. The van der Waals surface area contributed by atoms with Crippen LogP contribution in [0.25, 0.3) is 0 Å². The third-order valence-electron chi connectivity index (χ3n) is 3.86. The quantitative estimate of drug-likeness (QED) is 0.802. The van der Waals surface area contributed by atoms with E-state index < -0.39 is 12.0 Å². The molecular formula is C15H21N3O3S. The SMILES string of the molecule is COC(=O)C1=C(C)N(C)C(=O)N(C)[C@@H]1c1csc(C(C)C)n1. The minimum Gasteiger partial charge on any atom is -0.466 e. The van der Waals surface area contributed by atoms with Crippen molar-refractivity contribution in [2.45, 2.75) is 32.7 Å². The number of allylic oxidation sites excluding steroid dienone is 1. The molecule has 2 heterocycles. The summed E-state index contributed by atoms with van der Waals surface area (Å²) >= 11 is 1.54. The molecule has 0 aromatic carbocycles. The molecule has 1 aliphatic rings. The molecular weight excluding hydrogens is 302 g/mol. The Labute approximate surface area is 134 Å². The minimum atomic E-state index is -0.514. The van der Waals surface area contributed by atoms with Crippen molar-refractivity contribution in [1.29, 1.82) is 0 Å². The third-order valence-corrected chi connectivity index (χ3v) is 5.02. The zero-order valence-electron chi connectivity index (χ0n) is 13.7. The molecule has 7 heteroatoms. The molecule has 1 aliphatic heterocycles. The van der Waals surface area contributed by atoms with Crippen molar-refractivity contribution >= 4 is 23.3 Å².